The molecule has 0 heterocycles. The topological polar surface area (TPSA) is 41.1 Å². The second-order valence-electron chi connectivity index (χ2n) is 5.51. The first-order valence-corrected chi connectivity index (χ1v) is 7.07. The van der Waals surface area contributed by atoms with Gasteiger partial charge in [-0.2, -0.15) is 0 Å². The van der Waals surface area contributed by atoms with Gasteiger partial charge in [-0.1, -0.05) is 38.1 Å². The summed E-state index contributed by atoms with van der Waals surface area (Å²) in [5.74, 6) is 0.0563. The number of benzene rings is 1. The molecule has 0 unspecified atom stereocenters. The van der Waals surface area contributed by atoms with Crippen molar-refractivity contribution in [1.29, 1.82) is 0 Å². The van der Waals surface area contributed by atoms with Crippen molar-refractivity contribution >= 4 is 5.91 Å². The Morgan fingerprint density at radius 1 is 1.16 bits per heavy atom. The van der Waals surface area contributed by atoms with E-state index in [4.69, 9.17) is 0 Å². The van der Waals surface area contributed by atoms with Crippen molar-refractivity contribution < 1.29 is 4.79 Å². The Hall–Kier alpha value is -1.35. The summed E-state index contributed by atoms with van der Waals surface area (Å²) in [5, 5.41) is 6.23. The van der Waals surface area contributed by atoms with Gasteiger partial charge in [0.1, 0.15) is 0 Å². The third-order valence-corrected chi connectivity index (χ3v) is 3.46. The number of rotatable bonds is 7. The summed E-state index contributed by atoms with van der Waals surface area (Å²) >= 11 is 0. The predicted molar refractivity (Wildman–Crippen MR) is 80.0 cm³/mol. The van der Waals surface area contributed by atoms with Crippen LogP contribution >= 0.6 is 0 Å². The van der Waals surface area contributed by atoms with E-state index in [0.29, 0.717) is 6.54 Å². The Morgan fingerprint density at radius 2 is 1.79 bits per heavy atom. The van der Waals surface area contributed by atoms with Crippen LogP contribution in [0.15, 0.2) is 24.3 Å². The third kappa shape index (κ3) is 5.43. The van der Waals surface area contributed by atoms with Crippen molar-refractivity contribution in [2.24, 2.45) is 0 Å². The number of hydrogen-bond donors (Lipinski definition) is 2. The van der Waals surface area contributed by atoms with Gasteiger partial charge in [-0.25, -0.2) is 0 Å². The summed E-state index contributed by atoms with van der Waals surface area (Å²) in [6.07, 6.45) is 1.95. The Kier molecular flexibility index (Phi) is 6.03. The van der Waals surface area contributed by atoms with Crippen LogP contribution in [-0.2, 0) is 17.8 Å². The van der Waals surface area contributed by atoms with Crippen LogP contribution in [0, 0.1) is 0 Å². The van der Waals surface area contributed by atoms with Gasteiger partial charge in [0.05, 0.1) is 6.54 Å². The molecular formula is C16H26N2O. The van der Waals surface area contributed by atoms with Crippen molar-refractivity contribution in [1.82, 2.24) is 10.6 Å². The maximum atomic E-state index is 11.8. The zero-order valence-electron chi connectivity index (χ0n) is 12.5. The summed E-state index contributed by atoms with van der Waals surface area (Å²) in [6, 6.07) is 8.34. The Balaban J connectivity index is 2.40. The summed E-state index contributed by atoms with van der Waals surface area (Å²) in [6.45, 7) is 9.40. The molecule has 1 amide bonds. The van der Waals surface area contributed by atoms with E-state index < -0.39 is 0 Å². The van der Waals surface area contributed by atoms with Gasteiger partial charge >= 0.3 is 0 Å². The van der Waals surface area contributed by atoms with E-state index >= 15 is 0 Å². The van der Waals surface area contributed by atoms with E-state index in [1.807, 2.05) is 19.9 Å². The largest absolute Gasteiger partial charge is 0.350 e. The number of amides is 1. The van der Waals surface area contributed by atoms with Crippen LogP contribution in [0.1, 0.15) is 45.2 Å². The van der Waals surface area contributed by atoms with E-state index in [1.165, 1.54) is 11.1 Å². The number of hydrogen-bond acceptors (Lipinski definition) is 2. The number of nitrogens with one attached hydrogen (secondary N) is 2. The summed E-state index contributed by atoms with van der Waals surface area (Å²) < 4.78 is 0. The Morgan fingerprint density at radius 3 is 2.37 bits per heavy atom. The first-order chi connectivity index (χ1) is 8.98. The fraction of sp³-hybridized carbons (Fsp3) is 0.562. The normalized spacial score (nSPS) is 11.4. The van der Waals surface area contributed by atoms with Gasteiger partial charge in [-0.05, 0) is 37.8 Å². The lowest BCUT2D eigenvalue weighted by Crippen LogP contribution is -2.46. The molecule has 0 aliphatic rings. The SMILES string of the molecule is CCc1ccccc1CNCC(=O)NC(C)(C)CC. The minimum absolute atomic E-state index is 0.0563. The second-order valence-corrected chi connectivity index (χ2v) is 5.51. The van der Waals surface area contributed by atoms with Gasteiger partial charge < -0.3 is 10.6 Å². The van der Waals surface area contributed by atoms with Crippen LogP contribution < -0.4 is 10.6 Å². The zero-order chi connectivity index (χ0) is 14.3. The molecule has 0 aliphatic carbocycles. The van der Waals surface area contributed by atoms with Gasteiger partial charge in [0, 0.05) is 12.1 Å². The first kappa shape index (κ1) is 15.7. The molecule has 19 heavy (non-hydrogen) atoms. The average Bonchev–Trinajstić information content (AvgIpc) is 2.38. The molecule has 106 valence electrons. The molecule has 3 heteroatoms. The number of aryl methyl sites for hydroxylation is 1. The molecule has 1 aromatic carbocycles. The van der Waals surface area contributed by atoms with Crippen LogP contribution in [0.4, 0.5) is 0 Å². The third-order valence-electron chi connectivity index (χ3n) is 3.46. The molecule has 2 N–H and O–H groups in total. The molecule has 0 saturated carbocycles. The minimum atomic E-state index is -0.125. The summed E-state index contributed by atoms with van der Waals surface area (Å²) in [4.78, 5) is 11.8. The summed E-state index contributed by atoms with van der Waals surface area (Å²) in [7, 11) is 0. The van der Waals surface area contributed by atoms with Crippen LogP contribution in [0.25, 0.3) is 0 Å². The molecule has 1 aromatic rings. The molecule has 0 fully saturated rings. The Bertz CT molecular complexity index is 413. The fourth-order valence-corrected chi connectivity index (χ4v) is 1.90. The molecule has 1 rings (SSSR count). The van der Waals surface area contributed by atoms with Gasteiger partial charge in [0.15, 0.2) is 0 Å². The fourth-order valence-electron chi connectivity index (χ4n) is 1.90. The number of carbonyl (C=O) groups excluding carboxylic acids is 1. The van der Waals surface area contributed by atoms with Crippen LogP contribution in [0.2, 0.25) is 0 Å². The molecule has 3 nitrogen and oxygen atoms in total. The smallest absolute Gasteiger partial charge is 0.234 e. The molecule has 0 saturated heterocycles. The Labute approximate surface area is 116 Å². The lowest BCUT2D eigenvalue weighted by Gasteiger charge is -2.24. The first-order valence-electron chi connectivity index (χ1n) is 7.07. The number of carbonyl (C=O) groups is 1. The lowest BCUT2D eigenvalue weighted by molar-refractivity contribution is -0.121. The van der Waals surface area contributed by atoms with Crippen molar-refractivity contribution in [2.75, 3.05) is 6.54 Å². The molecular weight excluding hydrogens is 236 g/mol. The van der Waals surface area contributed by atoms with E-state index in [-0.39, 0.29) is 11.4 Å². The highest BCUT2D eigenvalue weighted by Gasteiger charge is 2.17. The molecule has 0 bridgehead atoms. The monoisotopic (exact) mass is 262 g/mol. The van der Waals surface area contributed by atoms with E-state index in [0.717, 1.165) is 19.4 Å². The van der Waals surface area contributed by atoms with E-state index in [9.17, 15) is 4.79 Å². The van der Waals surface area contributed by atoms with Gasteiger partial charge in [-0.15, -0.1) is 0 Å². The van der Waals surface area contributed by atoms with Crippen LogP contribution in [0.5, 0.6) is 0 Å². The standard InChI is InChI=1S/C16H26N2O/c1-5-13-9-7-8-10-14(13)11-17-12-15(19)18-16(3,4)6-2/h7-10,17H,5-6,11-12H2,1-4H3,(H,18,19). The maximum Gasteiger partial charge on any atom is 0.234 e. The van der Waals surface area contributed by atoms with Crippen LogP contribution in [-0.4, -0.2) is 18.0 Å². The maximum absolute atomic E-state index is 11.8. The highest BCUT2D eigenvalue weighted by molar-refractivity contribution is 5.78. The molecule has 0 aliphatic heterocycles. The molecule has 0 radical (unpaired) electrons. The van der Waals surface area contributed by atoms with Crippen molar-refractivity contribution in [3.63, 3.8) is 0 Å². The average molecular weight is 262 g/mol. The van der Waals surface area contributed by atoms with Gasteiger partial charge in [-0.3, -0.25) is 4.79 Å². The zero-order valence-corrected chi connectivity index (χ0v) is 12.5. The highest BCUT2D eigenvalue weighted by atomic mass is 16.2. The highest BCUT2D eigenvalue weighted by Crippen LogP contribution is 2.09. The molecule has 0 spiro atoms. The quantitative estimate of drug-likeness (QED) is 0.793. The molecule has 0 atom stereocenters. The summed E-state index contributed by atoms with van der Waals surface area (Å²) in [5.41, 5.74) is 2.48. The van der Waals surface area contributed by atoms with Crippen molar-refractivity contribution in [2.45, 2.75) is 52.6 Å². The lowest BCUT2D eigenvalue weighted by atomic mass is 10.0. The van der Waals surface area contributed by atoms with Crippen LogP contribution in [0.3, 0.4) is 0 Å². The molecule has 0 aromatic heterocycles. The van der Waals surface area contributed by atoms with Crippen molar-refractivity contribution in [3.05, 3.63) is 35.4 Å². The second kappa shape index (κ2) is 7.29. The predicted octanol–water partition coefficient (Wildman–Crippen LogP) is 2.64. The van der Waals surface area contributed by atoms with E-state index in [1.54, 1.807) is 0 Å². The van der Waals surface area contributed by atoms with Gasteiger partial charge in [0.25, 0.3) is 0 Å². The van der Waals surface area contributed by atoms with E-state index in [2.05, 4.69) is 42.7 Å². The van der Waals surface area contributed by atoms with Gasteiger partial charge in [0.2, 0.25) is 5.91 Å². The van der Waals surface area contributed by atoms with Crippen molar-refractivity contribution in [3.8, 4) is 0 Å². The minimum Gasteiger partial charge on any atom is -0.350 e.